The lowest BCUT2D eigenvalue weighted by Gasteiger charge is -2.11. The van der Waals surface area contributed by atoms with Crippen LogP contribution in [0.3, 0.4) is 0 Å². The van der Waals surface area contributed by atoms with Crippen LogP contribution in [0.15, 0.2) is 0 Å². The zero-order valence-corrected chi connectivity index (χ0v) is 10.5. The van der Waals surface area contributed by atoms with Crippen LogP contribution < -0.4 is 10.6 Å². The minimum Gasteiger partial charge on any atom is -0.394 e. The summed E-state index contributed by atoms with van der Waals surface area (Å²) in [5.74, 6) is -0.0887. The van der Waals surface area contributed by atoms with Crippen LogP contribution in [-0.2, 0) is 9.59 Å². The highest BCUT2D eigenvalue weighted by atomic mass is 16.3. The molecule has 0 spiro atoms. The van der Waals surface area contributed by atoms with Crippen molar-refractivity contribution in [1.29, 1.82) is 0 Å². The van der Waals surface area contributed by atoms with Crippen LogP contribution in [0.5, 0.6) is 0 Å². The first-order chi connectivity index (χ1) is 8.63. The molecular formula is C12H22N2O4. The predicted molar refractivity (Wildman–Crippen MR) is 65.7 cm³/mol. The second kappa shape index (κ2) is 8.05. The quantitative estimate of drug-likeness (QED) is 0.478. The van der Waals surface area contributed by atoms with Crippen molar-refractivity contribution in [2.75, 3.05) is 19.7 Å². The molecule has 2 amide bonds. The van der Waals surface area contributed by atoms with E-state index in [0.29, 0.717) is 6.54 Å². The highest BCUT2D eigenvalue weighted by Gasteiger charge is 2.22. The lowest BCUT2D eigenvalue weighted by molar-refractivity contribution is -0.125. The summed E-state index contributed by atoms with van der Waals surface area (Å²) in [4.78, 5) is 22.9. The van der Waals surface area contributed by atoms with Gasteiger partial charge in [0.25, 0.3) is 0 Å². The van der Waals surface area contributed by atoms with Gasteiger partial charge in [-0.1, -0.05) is 12.8 Å². The number of hydrogen-bond acceptors (Lipinski definition) is 4. The van der Waals surface area contributed by atoms with Crippen molar-refractivity contribution in [2.45, 2.75) is 38.2 Å². The average Bonchev–Trinajstić information content (AvgIpc) is 2.89. The molecule has 6 nitrogen and oxygen atoms in total. The summed E-state index contributed by atoms with van der Waals surface area (Å²) in [5, 5.41) is 22.8. The Kier molecular flexibility index (Phi) is 6.67. The maximum absolute atomic E-state index is 11.6. The zero-order valence-electron chi connectivity index (χ0n) is 10.5. The molecular weight excluding hydrogens is 236 g/mol. The van der Waals surface area contributed by atoms with Gasteiger partial charge in [-0.05, 0) is 12.8 Å². The topological polar surface area (TPSA) is 98.7 Å². The second-order valence-corrected chi connectivity index (χ2v) is 4.66. The van der Waals surface area contributed by atoms with Crippen LogP contribution in [0.25, 0.3) is 0 Å². The number of hydrogen-bond donors (Lipinski definition) is 4. The minimum atomic E-state index is -0.929. The normalized spacial score (nSPS) is 17.4. The molecule has 6 heteroatoms. The molecule has 0 aromatic carbocycles. The molecule has 0 bridgehead atoms. The van der Waals surface area contributed by atoms with Crippen molar-refractivity contribution in [3.63, 3.8) is 0 Å². The van der Waals surface area contributed by atoms with Crippen LogP contribution in [0.4, 0.5) is 0 Å². The van der Waals surface area contributed by atoms with Crippen LogP contribution >= 0.6 is 0 Å². The van der Waals surface area contributed by atoms with Crippen LogP contribution in [0, 0.1) is 5.92 Å². The van der Waals surface area contributed by atoms with E-state index in [0.717, 1.165) is 25.7 Å². The number of rotatable bonds is 7. The molecule has 0 heterocycles. The van der Waals surface area contributed by atoms with Gasteiger partial charge in [-0.25, -0.2) is 0 Å². The third-order valence-corrected chi connectivity index (χ3v) is 3.12. The number of nitrogens with one attached hydrogen (secondary N) is 2. The zero-order chi connectivity index (χ0) is 13.4. The Morgan fingerprint density at radius 1 is 1.22 bits per heavy atom. The fraction of sp³-hybridized carbons (Fsp3) is 0.833. The van der Waals surface area contributed by atoms with Crippen LogP contribution in [0.2, 0.25) is 0 Å². The molecule has 1 atom stereocenters. The van der Waals surface area contributed by atoms with Crippen molar-refractivity contribution in [2.24, 2.45) is 5.92 Å². The first-order valence-corrected chi connectivity index (χ1v) is 6.47. The van der Waals surface area contributed by atoms with E-state index in [9.17, 15) is 9.59 Å². The summed E-state index contributed by atoms with van der Waals surface area (Å²) in [6.45, 7) is -0.0268. The van der Waals surface area contributed by atoms with Gasteiger partial charge in [0.15, 0.2) is 0 Å². The Morgan fingerprint density at radius 2 is 1.89 bits per heavy atom. The largest absolute Gasteiger partial charge is 0.394 e. The number of carbonyl (C=O) groups is 2. The van der Waals surface area contributed by atoms with Gasteiger partial charge in [-0.3, -0.25) is 9.59 Å². The van der Waals surface area contributed by atoms with Gasteiger partial charge in [-0.2, -0.15) is 0 Å². The van der Waals surface area contributed by atoms with E-state index in [1.807, 2.05) is 0 Å². The molecule has 0 saturated heterocycles. The van der Waals surface area contributed by atoms with E-state index >= 15 is 0 Å². The summed E-state index contributed by atoms with van der Waals surface area (Å²) in [6.07, 6.45) is 3.37. The van der Waals surface area contributed by atoms with E-state index in [1.54, 1.807) is 0 Å². The highest BCUT2D eigenvalue weighted by molar-refractivity contribution is 5.80. The molecule has 0 aromatic rings. The van der Waals surface area contributed by atoms with Gasteiger partial charge in [0, 0.05) is 25.4 Å². The van der Waals surface area contributed by atoms with Gasteiger partial charge in [0.05, 0.1) is 12.7 Å². The van der Waals surface area contributed by atoms with Gasteiger partial charge < -0.3 is 20.8 Å². The molecule has 1 saturated carbocycles. The van der Waals surface area contributed by atoms with Crippen molar-refractivity contribution < 1.29 is 19.8 Å². The predicted octanol–water partition coefficient (Wildman–Crippen LogP) is -0.848. The van der Waals surface area contributed by atoms with E-state index in [1.165, 1.54) is 0 Å². The monoisotopic (exact) mass is 258 g/mol. The third kappa shape index (κ3) is 5.46. The Balaban J connectivity index is 2.06. The van der Waals surface area contributed by atoms with Gasteiger partial charge in [0.1, 0.15) is 0 Å². The Bertz CT molecular complexity index is 277. The molecule has 0 radical (unpaired) electrons. The molecule has 1 aliphatic carbocycles. The van der Waals surface area contributed by atoms with Crippen molar-refractivity contribution in [3.05, 3.63) is 0 Å². The Labute approximate surface area is 107 Å². The molecule has 18 heavy (non-hydrogen) atoms. The van der Waals surface area contributed by atoms with Crippen molar-refractivity contribution >= 4 is 11.8 Å². The number of aliphatic hydroxyl groups is 2. The van der Waals surface area contributed by atoms with Crippen LogP contribution in [-0.4, -0.2) is 47.8 Å². The summed E-state index contributed by atoms with van der Waals surface area (Å²) >= 11 is 0. The minimum absolute atomic E-state index is 0.0336. The van der Waals surface area contributed by atoms with Gasteiger partial charge >= 0.3 is 0 Å². The molecule has 0 aliphatic heterocycles. The summed E-state index contributed by atoms with van der Waals surface area (Å²) < 4.78 is 0. The lowest BCUT2D eigenvalue weighted by Crippen LogP contribution is -2.37. The second-order valence-electron chi connectivity index (χ2n) is 4.66. The molecule has 1 unspecified atom stereocenters. The highest BCUT2D eigenvalue weighted by Crippen LogP contribution is 2.24. The summed E-state index contributed by atoms with van der Waals surface area (Å²) in [5.41, 5.74) is 0. The number of aliphatic hydroxyl groups excluding tert-OH is 2. The van der Waals surface area contributed by atoms with E-state index in [2.05, 4.69) is 10.6 Å². The average molecular weight is 258 g/mol. The SMILES string of the molecule is O=C(CCNC(=O)C1CCCC1)NCC(O)CO. The summed E-state index contributed by atoms with van der Waals surface area (Å²) in [7, 11) is 0. The van der Waals surface area contributed by atoms with Gasteiger partial charge in [-0.15, -0.1) is 0 Å². The smallest absolute Gasteiger partial charge is 0.223 e. The van der Waals surface area contributed by atoms with Gasteiger partial charge in [0.2, 0.25) is 11.8 Å². The molecule has 0 aromatic heterocycles. The van der Waals surface area contributed by atoms with Crippen molar-refractivity contribution in [3.8, 4) is 0 Å². The molecule has 104 valence electrons. The summed E-state index contributed by atoms with van der Waals surface area (Å²) in [6, 6.07) is 0. The fourth-order valence-electron chi connectivity index (χ4n) is 2.02. The van der Waals surface area contributed by atoms with Crippen LogP contribution in [0.1, 0.15) is 32.1 Å². The third-order valence-electron chi connectivity index (χ3n) is 3.12. The molecule has 1 fully saturated rings. The maximum atomic E-state index is 11.6. The first kappa shape index (κ1) is 14.9. The molecule has 1 aliphatic rings. The number of carbonyl (C=O) groups excluding carboxylic acids is 2. The maximum Gasteiger partial charge on any atom is 0.223 e. The fourth-order valence-corrected chi connectivity index (χ4v) is 2.02. The standard InChI is InChI=1S/C12H22N2O4/c15-8-10(16)7-14-11(17)5-6-13-12(18)9-3-1-2-4-9/h9-10,15-16H,1-8H2,(H,13,18)(H,14,17). The Morgan fingerprint density at radius 3 is 2.50 bits per heavy atom. The Hall–Kier alpha value is -1.14. The number of amides is 2. The van der Waals surface area contributed by atoms with Crippen molar-refractivity contribution in [1.82, 2.24) is 10.6 Å². The van der Waals surface area contributed by atoms with E-state index in [4.69, 9.17) is 10.2 Å². The van der Waals surface area contributed by atoms with E-state index in [-0.39, 0.29) is 37.3 Å². The molecule has 4 N–H and O–H groups in total. The molecule has 1 rings (SSSR count). The van der Waals surface area contributed by atoms with E-state index < -0.39 is 6.10 Å². The first-order valence-electron chi connectivity index (χ1n) is 6.47. The lowest BCUT2D eigenvalue weighted by atomic mass is 10.1.